The van der Waals surface area contributed by atoms with Crippen molar-refractivity contribution in [2.75, 3.05) is 0 Å². The van der Waals surface area contributed by atoms with Crippen molar-refractivity contribution < 1.29 is 10.2 Å². The Morgan fingerprint density at radius 3 is 2.38 bits per heavy atom. The van der Waals surface area contributed by atoms with E-state index in [0.717, 1.165) is 5.56 Å². The Morgan fingerprint density at radius 2 is 1.69 bits per heavy atom. The van der Waals surface area contributed by atoms with E-state index >= 15 is 0 Å². The summed E-state index contributed by atoms with van der Waals surface area (Å²) in [7, 11) is 0. The molecule has 84 valence electrons. The van der Waals surface area contributed by atoms with Gasteiger partial charge in [-0.2, -0.15) is 0 Å². The van der Waals surface area contributed by atoms with Gasteiger partial charge in [0.1, 0.15) is 5.75 Å². The zero-order chi connectivity index (χ0) is 10.7. The molecule has 2 rings (SSSR count). The van der Waals surface area contributed by atoms with E-state index in [9.17, 15) is 5.11 Å². The van der Waals surface area contributed by atoms with Crippen molar-refractivity contribution in [3.8, 4) is 16.9 Å². The molecule has 1 aromatic carbocycles. The highest BCUT2D eigenvalue weighted by Gasteiger charge is 2.07. The Hall–Kier alpha value is -1.58. The first-order valence-electron chi connectivity index (χ1n) is 4.66. The number of hydrogen-bond acceptors (Lipinski definition) is 3. The zero-order valence-electron chi connectivity index (χ0n) is 8.50. The number of aliphatic hydroxyl groups excluding tert-OH is 1. The highest BCUT2D eigenvalue weighted by Crippen LogP contribution is 2.30. The largest absolute Gasteiger partial charge is 0.507 e. The van der Waals surface area contributed by atoms with E-state index in [0.29, 0.717) is 11.3 Å². The lowest BCUT2D eigenvalue weighted by molar-refractivity contribution is 0.277. The SMILES string of the molecule is Cl.OCc1ncccc1-c1ccccc1O. The second-order valence-corrected chi connectivity index (χ2v) is 3.17. The van der Waals surface area contributed by atoms with Crippen molar-refractivity contribution in [2.45, 2.75) is 6.61 Å². The monoisotopic (exact) mass is 237 g/mol. The molecule has 1 aromatic heterocycles. The highest BCUT2D eigenvalue weighted by molar-refractivity contribution is 5.85. The van der Waals surface area contributed by atoms with Gasteiger partial charge >= 0.3 is 0 Å². The number of phenolic OH excluding ortho intramolecular Hbond substituents is 1. The number of halogens is 1. The van der Waals surface area contributed by atoms with Gasteiger partial charge in [0.05, 0.1) is 12.3 Å². The minimum atomic E-state index is -0.134. The molecular weight excluding hydrogens is 226 g/mol. The quantitative estimate of drug-likeness (QED) is 0.843. The van der Waals surface area contributed by atoms with Crippen LogP contribution in [0.1, 0.15) is 5.69 Å². The average Bonchev–Trinajstić information content (AvgIpc) is 2.30. The molecule has 4 heteroatoms. The lowest BCUT2D eigenvalue weighted by Gasteiger charge is -2.07. The molecule has 0 unspecified atom stereocenters. The molecule has 0 aliphatic carbocycles. The predicted octanol–water partition coefficient (Wildman–Crippen LogP) is 2.37. The van der Waals surface area contributed by atoms with Crippen LogP contribution < -0.4 is 0 Å². The number of aromatic hydroxyl groups is 1. The molecule has 0 saturated heterocycles. The van der Waals surface area contributed by atoms with Crippen LogP contribution in [-0.4, -0.2) is 15.2 Å². The molecule has 0 aliphatic rings. The van der Waals surface area contributed by atoms with Gasteiger partial charge in [-0.05, 0) is 12.1 Å². The number of hydrogen-bond donors (Lipinski definition) is 2. The Morgan fingerprint density at radius 1 is 1.00 bits per heavy atom. The van der Waals surface area contributed by atoms with Gasteiger partial charge in [-0.1, -0.05) is 24.3 Å². The van der Waals surface area contributed by atoms with Crippen LogP contribution in [-0.2, 0) is 6.61 Å². The smallest absolute Gasteiger partial charge is 0.123 e. The number of benzene rings is 1. The standard InChI is InChI=1S/C12H11NO2.ClH/c14-8-11-9(5-3-7-13-11)10-4-1-2-6-12(10)15;/h1-7,14-15H,8H2;1H. The molecule has 2 N–H and O–H groups in total. The molecule has 0 atom stereocenters. The topological polar surface area (TPSA) is 53.4 Å². The van der Waals surface area contributed by atoms with Crippen LogP contribution in [0, 0.1) is 0 Å². The van der Waals surface area contributed by atoms with E-state index < -0.39 is 0 Å². The maximum absolute atomic E-state index is 9.67. The summed E-state index contributed by atoms with van der Waals surface area (Å²) in [5, 5.41) is 18.8. The predicted molar refractivity (Wildman–Crippen MR) is 64.5 cm³/mol. The summed E-state index contributed by atoms with van der Waals surface area (Å²) in [6, 6.07) is 10.6. The summed E-state index contributed by atoms with van der Waals surface area (Å²) >= 11 is 0. The molecule has 0 radical (unpaired) electrons. The normalized spacial score (nSPS) is 9.56. The average molecular weight is 238 g/mol. The number of aromatic nitrogens is 1. The maximum atomic E-state index is 9.67. The van der Waals surface area contributed by atoms with Crippen LogP contribution in [0.5, 0.6) is 5.75 Å². The third-order valence-corrected chi connectivity index (χ3v) is 2.23. The Kier molecular flexibility index (Phi) is 4.28. The third kappa shape index (κ3) is 2.32. The summed E-state index contributed by atoms with van der Waals surface area (Å²) in [6.45, 7) is -0.134. The van der Waals surface area contributed by atoms with Gasteiger partial charge in [0.2, 0.25) is 0 Å². The number of rotatable bonds is 2. The molecule has 0 amide bonds. The first-order chi connectivity index (χ1) is 7.33. The summed E-state index contributed by atoms with van der Waals surface area (Å²) in [5.41, 5.74) is 2.02. The third-order valence-electron chi connectivity index (χ3n) is 2.23. The molecule has 0 saturated carbocycles. The minimum absolute atomic E-state index is 0. The van der Waals surface area contributed by atoms with Crippen molar-refractivity contribution in [3.05, 3.63) is 48.3 Å². The van der Waals surface area contributed by atoms with Crippen LogP contribution in [0.4, 0.5) is 0 Å². The van der Waals surface area contributed by atoms with Gasteiger partial charge in [0.25, 0.3) is 0 Å². The van der Waals surface area contributed by atoms with Crippen molar-refractivity contribution in [1.82, 2.24) is 4.98 Å². The molecule has 2 aromatic rings. The fourth-order valence-corrected chi connectivity index (χ4v) is 1.51. The van der Waals surface area contributed by atoms with Crippen molar-refractivity contribution in [2.24, 2.45) is 0 Å². The van der Waals surface area contributed by atoms with Crippen LogP contribution >= 0.6 is 12.4 Å². The fraction of sp³-hybridized carbons (Fsp3) is 0.0833. The maximum Gasteiger partial charge on any atom is 0.123 e. The van der Waals surface area contributed by atoms with Crippen LogP contribution in [0.2, 0.25) is 0 Å². The van der Waals surface area contributed by atoms with E-state index in [4.69, 9.17) is 5.11 Å². The van der Waals surface area contributed by atoms with Gasteiger partial charge in [-0.25, -0.2) is 0 Å². The molecule has 0 aliphatic heterocycles. The van der Waals surface area contributed by atoms with Crippen molar-refractivity contribution in [3.63, 3.8) is 0 Å². The molecule has 3 nitrogen and oxygen atoms in total. The molecule has 1 heterocycles. The van der Waals surface area contributed by atoms with Crippen molar-refractivity contribution in [1.29, 1.82) is 0 Å². The first kappa shape index (κ1) is 12.5. The van der Waals surface area contributed by atoms with E-state index in [1.165, 1.54) is 0 Å². The number of para-hydroxylation sites is 1. The zero-order valence-corrected chi connectivity index (χ0v) is 9.31. The highest BCUT2D eigenvalue weighted by atomic mass is 35.5. The first-order valence-corrected chi connectivity index (χ1v) is 4.66. The minimum Gasteiger partial charge on any atom is -0.507 e. The van der Waals surface area contributed by atoms with Crippen LogP contribution in [0.15, 0.2) is 42.6 Å². The number of phenols is 1. The summed E-state index contributed by atoms with van der Waals surface area (Å²) in [6.07, 6.45) is 1.62. The summed E-state index contributed by atoms with van der Waals surface area (Å²) < 4.78 is 0. The number of aliphatic hydroxyl groups is 1. The van der Waals surface area contributed by atoms with E-state index in [1.807, 2.05) is 12.1 Å². The Bertz CT molecular complexity index is 474. The van der Waals surface area contributed by atoms with E-state index in [2.05, 4.69) is 4.98 Å². The second-order valence-electron chi connectivity index (χ2n) is 3.17. The van der Waals surface area contributed by atoms with Crippen LogP contribution in [0.25, 0.3) is 11.1 Å². The molecule has 16 heavy (non-hydrogen) atoms. The summed E-state index contributed by atoms with van der Waals surface area (Å²) in [4.78, 5) is 4.05. The molecular formula is C12H12ClNO2. The molecule has 0 spiro atoms. The van der Waals surface area contributed by atoms with E-state index in [1.54, 1.807) is 30.5 Å². The van der Waals surface area contributed by atoms with Gasteiger partial charge in [0, 0.05) is 17.3 Å². The van der Waals surface area contributed by atoms with Gasteiger partial charge in [-0.15, -0.1) is 12.4 Å². The lowest BCUT2D eigenvalue weighted by Crippen LogP contribution is -1.92. The number of nitrogens with zero attached hydrogens (tertiary/aromatic N) is 1. The number of pyridine rings is 1. The molecule has 0 fully saturated rings. The Balaban J connectivity index is 0.00000128. The molecule has 0 bridgehead atoms. The van der Waals surface area contributed by atoms with Gasteiger partial charge in [-0.3, -0.25) is 4.98 Å². The Labute approximate surface area is 99.8 Å². The van der Waals surface area contributed by atoms with E-state index in [-0.39, 0.29) is 24.8 Å². The van der Waals surface area contributed by atoms with Gasteiger partial charge < -0.3 is 10.2 Å². The van der Waals surface area contributed by atoms with Crippen molar-refractivity contribution >= 4 is 12.4 Å². The van der Waals surface area contributed by atoms with Gasteiger partial charge in [0.15, 0.2) is 0 Å². The van der Waals surface area contributed by atoms with Crippen LogP contribution in [0.3, 0.4) is 0 Å². The summed E-state index contributed by atoms with van der Waals surface area (Å²) in [5.74, 6) is 0.195. The second kappa shape index (κ2) is 5.49. The fourth-order valence-electron chi connectivity index (χ4n) is 1.51. The lowest BCUT2D eigenvalue weighted by atomic mass is 10.0.